The zero-order valence-corrected chi connectivity index (χ0v) is 18.7. The molecule has 0 spiro atoms. The number of nitrogens with zero attached hydrogens (tertiary/aromatic N) is 3. The predicted octanol–water partition coefficient (Wildman–Crippen LogP) is 4.01. The van der Waals surface area contributed by atoms with E-state index in [9.17, 15) is 13.6 Å². The van der Waals surface area contributed by atoms with Crippen LogP contribution in [-0.2, 0) is 9.63 Å². The summed E-state index contributed by atoms with van der Waals surface area (Å²) in [6.45, 7) is 6.12. The molecule has 1 amide bonds. The van der Waals surface area contributed by atoms with Crippen LogP contribution in [0.15, 0.2) is 65.0 Å². The second-order valence-electron chi connectivity index (χ2n) is 8.45. The number of hydrogen-bond acceptors (Lipinski definition) is 5. The van der Waals surface area contributed by atoms with Crippen LogP contribution >= 0.6 is 0 Å². The molecule has 2 aliphatic rings. The van der Waals surface area contributed by atoms with Crippen LogP contribution in [0.4, 0.5) is 14.5 Å². The number of carbonyl (C=O) groups excluding carboxylic acids is 1. The molecule has 6 nitrogen and oxygen atoms in total. The molecule has 174 valence electrons. The van der Waals surface area contributed by atoms with E-state index in [0.29, 0.717) is 12.2 Å². The zero-order chi connectivity index (χ0) is 23.2. The van der Waals surface area contributed by atoms with Crippen LogP contribution in [-0.4, -0.2) is 60.7 Å². The van der Waals surface area contributed by atoms with E-state index >= 15 is 0 Å². The first-order valence-corrected chi connectivity index (χ1v) is 11.1. The Kier molecular flexibility index (Phi) is 7.47. The smallest absolute Gasteiger partial charge is 0.238 e. The largest absolute Gasteiger partial charge is 0.360 e. The summed E-state index contributed by atoms with van der Waals surface area (Å²) in [5, 5.41) is 7.08. The highest BCUT2D eigenvalue weighted by Gasteiger charge is 2.22. The number of halogens is 2. The van der Waals surface area contributed by atoms with Crippen molar-refractivity contribution in [3.05, 3.63) is 77.1 Å². The molecular weight excluding hydrogens is 426 g/mol. The molecular formula is C25H28F2N4O2. The molecule has 2 aromatic carbocycles. The van der Waals surface area contributed by atoms with Gasteiger partial charge in [0, 0.05) is 31.9 Å². The first-order valence-electron chi connectivity index (χ1n) is 11.1. The summed E-state index contributed by atoms with van der Waals surface area (Å²) in [4.78, 5) is 22.5. The number of hydrogen-bond donors (Lipinski definition) is 1. The van der Waals surface area contributed by atoms with E-state index in [-0.39, 0.29) is 24.1 Å². The maximum Gasteiger partial charge on any atom is 0.238 e. The lowest BCUT2D eigenvalue weighted by atomic mass is 10.0. The molecule has 0 bridgehead atoms. The molecule has 1 fully saturated rings. The topological polar surface area (TPSA) is 57.2 Å². The highest BCUT2D eigenvalue weighted by Crippen LogP contribution is 2.22. The molecule has 2 aliphatic heterocycles. The number of nitrogens with one attached hydrogen (secondary N) is 1. The van der Waals surface area contributed by atoms with Crippen LogP contribution in [0, 0.1) is 11.6 Å². The van der Waals surface area contributed by atoms with Crippen molar-refractivity contribution in [1.29, 1.82) is 0 Å². The molecule has 4 rings (SSSR count). The second-order valence-corrected chi connectivity index (χ2v) is 8.45. The minimum absolute atomic E-state index is 0.151. The summed E-state index contributed by atoms with van der Waals surface area (Å²) in [6.07, 6.45) is 1.58. The summed E-state index contributed by atoms with van der Waals surface area (Å²) < 4.78 is 26.5. The van der Waals surface area contributed by atoms with Gasteiger partial charge in [-0.05, 0) is 61.2 Å². The van der Waals surface area contributed by atoms with Gasteiger partial charge < -0.3 is 10.2 Å². The molecule has 0 aliphatic carbocycles. The van der Waals surface area contributed by atoms with E-state index in [1.165, 1.54) is 24.3 Å². The van der Waals surface area contributed by atoms with Gasteiger partial charge in [0.1, 0.15) is 17.4 Å². The van der Waals surface area contributed by atoms with E-state index in [0.717, 1.165) is 61.6 Å². The molecule has 2 aromatic rings. The fraction of sp³-hybridized carbons (Fsp3) is 0.360. The molecule has 8 heteroatoms. The average molecular weight is 455 g/mol. The number of carbonyl (C=O) groups is 1. The fourth-order valence-corrected chi connectivity index (χ4v) is 3.96. The molecule has 33 heavy (non-hydrogen) atoms. The number of rotatable bonds is 6. The highest BCUT2D eigenvalue weighted by molar-refractivity contribution is 6.00. The number of benzene rings is 2. The number of amides is 1. The third-order valence-electron chi connectivity index (χ3n) is 5.96. The van der Waals surface area contributed by atoms with E-state index in [4.69, 9.17) is 4.84 Å². The molecule has 1 N–H and O–H groups in total. The lowest BCUT2D eigenvalue weighted by molar-refractivity contribution is -0.117. The van der Waals surface area contributed by atoms with Gasteiger partial charge in [0.25, 0.3) is 0 Å². The number of oxime groups is 1. The average Bonchev–Trinajstić information content (AvgIpc) is 2.97. The van der Waals surface area contributed by atoms with E-state index in [1.807, 2.05) is 0 Å². The summed E-state index contributed by atoms with van der Waals surface area (Å²) in [7, 11) is 0. The monoisotopic (exact) mass is 454 g/mol. The minimum Gasteiger partial charge on any atom is -0.360 e. The third kappa shape index (κ3) is 6.46. The van der Waals surface area contributed by atoms with Gasteiger partial charge >= 0.3 is 0 Å². The van der Waals surface area contributed by atoms with Crippen molar-refractivity contribution in [3.63, 3.8) is 0 Å². The Morgan fingerprint density at radius 1 is 1.00 bits per heavy atom. The molecule has 1 saturated heterocycles. The van der Waals surface area contributed by atoms with Gasteiger partial charge in [-0.15, -0.1) is 0 Å². The van der Waals surface area contributed by atoms with Gasteiger partial charge in [-0.3, -0.25) is 14.6 Å². The highest BCUT2D eigenvalue weighted by atomic mass is 19.1. The Bertz CT molecular complexity index is 1040. The lowest BCUT2D eigenvalue weighted by Crippen LogP contribution is -2.49. The van der Waals surface area contributed by atoms with Gasteiger partial charge in [-0.25, -0.2) is 8.78 Å². The summed E-state index contributed by atoms with van der Waals surface area (Å²) >= 11 is 0. The Morgan fingerprint density at radius 3 is 2.45 bits per heavy atom. The van der Waals surface area contributed by atoms with Gasteiger partial charge in [-0.2, -0.15) is 0 Å². The van der Waals surface area contributed by atoms with Crippen molar-refractivity contribution >= 4 is 17.3 Å². The quantitative estimate of drug-likeness (QED) is 0.717. The van der Waals surface area contributed by atoms with Crippen molar-refractivity contribution in [2.24, 2.45) is 5.16 Å². The van der Waals surface area contributed by atoms with Crippen LogP contribution in [0.25, 0.3) is 0 Å². The van der Waals surface area contributed by atoms with Gasteiger partial charge in [0.2, 0.25) is 5.91 Å². The molecule has 0 aromatic heterocycles. The van der Waals surface area contributed by atoms with Crippen molar-refractivity contribution in [1.82, 2.24) is 9.80 Å². The fourth-order valence-electron chi connectivity index (χ4n) is 3.96. The van der Waals surface area contributed by atoms with E-state index < -0.39 is 0 Å². The Morgan fingerprint density at radius 2 is 1.73 bits per heavy atom. The molecule has 0 unspecified atom stereocenters. The number of anilines is 1. The third-order valence-corrected chi connectivity index (χ3v) is 5.96. The van der Waals surface area contributed by atoms with Crippen LogP contribution in [0.5, 0.6) is 0 Å². The molecule has 2 heterocycles. The predicted molar refractivity (Wildman–Crippen MR) is 124 cm³/mol. The SMILES string of the molecule is CC1=C(CN2CCN(CC(=O)Nc3cccc(F)c3)CC2)ON=C(c2ccc(F)cc2)CC1. The summed E-state index contributed by atoms with van der Waals surface area (Å²) in [5.74, 6) is 0.0575. The summed E-state index contributed by atoms with van der Waals surface area (Å²) in [5.41, 5.74) is 3.31. The van der Waals surface area contributed by atoms with Gasteiger partial charge in [-0.1, -0.05) is 23.4 Å². The first-order chi connectivity index (χ1) is 16.0. The van der Waals surface area contributed by atoms with Crippen molar-refractivity contribution < 1.29 is 18.4 Å². The lowest BCUT2D eigenvalue weighted by Gasteiger charge is -2.34. The van der Waals surface area contributed by atoms with Crippen LogP contribution < -0.4 is 5.32 Å². The number of piperazine rings is 1. The minimum atomic E-state index is -0.374. The molecule has 0 atom stereocenters. The zero-order valence-electron chi connectivity index (χ0n) is 18.7. The normalized spacial score (nSPS) is 17.8. The summed E-state index contributed by atoms with van der Waals surface area (Å²) in [6, 6.07) is 12.2. The molecule has 0 radical (unpaired) electrons. The van der Waals surface area contributed by atoms with Crippen molar-refractivity contribution in [2.45, 2.75) is 19.8 Å². The maximum atomic E-state index is 13.3. The van der Waals surface area contributed by atoms with Crippen molar-refractivity contribution in [2.75, 3.05) is 44.6 Å². The molecule has 0 saturated carbocycles. The van der Waals surface area contributed by atoms with Crippen molar-refractivity contribution in [3.8, 4) is 0 Å². The van der Waals surface area contributed by atoms with E-state index in [1.54, 1.807) is 24.3 Å². The maximum absolute atomic E-state index is 13.3. The Balaban J connectivity index is 1.26. The number of allylic oxidation sites excluding steroid dienone is 1. The first kappa shape index (κ1) is 23.1. The van der Waals surface area contributed by atoms with Crippen LogP contribution in [0.1, 0.15) is 25.3 Å². The second kappa shape index (κ2) is 10.7. The Labute approximate surface area is 192 Å². The van der Waals surface area contributed by atoms with Crippen LogP contribution in [0.3, 0.4) is 0 Å². The van der Waals surface area contributed by atoms with Gasteiger partial charge in [0.05, 0.1) is 18.8 Å². The van der Waals surface area contributed by atoms with E-state index in [2.05, 4.69) is 27.2 Å². The van der Waals surface area contributed by atoms with Crippen LogP contribution in [0.2, 0.25) is 0 Å². The standard InChI is InChI=1S/C25H28F2N4O2/c1-18-5-10-23(19-6-8-20(26)9-7-19)29-33-24(18)16-30-11-13-31(14-12-30)17-25(32)28-22-4-2-3-21(27)15-22/h2-4,6-9,15H,5,10-14,16-17H2,1H3,(H,28,32). The Hall–Kier alpha value is -3.10. The van der Waals surface area contributed by atoms with Gasteiger partial charge in [0.15, 0.2) is 0 Å².